The molecule has 2 rings (SSSR count). The molecule has 0 spiro atoms. The molecule has 9 heteroatoms. The number of carbonyl (C=O) groups is 1. The molecule has 1 heterocycles. The van der Waals surface area contributed by atoms with Crippen molar-refractivity contribution in [3.8, 4) is 0 Å². The van der Waals surface area contributed by atoms with E-state index in [0.717, 1.165) is 16.4 Å². The molecule has 0 unspecified atom stereocenters. The van der Waals surface area contributed by atoms with Gasteiger partial charge in [0.2, 0.25) is 0 Å². The van der Waals surface area contributed by atoms with Crippen molar-refractivity contribution >= 4 is 58.5 Å². The largest absolute Gasteiger partial charge is 0.370 e. The number of anilines is 1. The number of urea groups is 1. The van der Waals surface area contributed by atoms with E-state index in [1.807, 2.05) is 0 Å². The van der Waals surface area contributed by atoms with E-state index in [-0.39, 0.29) is 11.9 Å². The summed E-state index contributed by atoms with van der Waals surface area (Å²) < 4.78 is 13.7. The standard InChI is InChI=1S/C9H7Cl3FN3OS/c10-6-3-1-2-4-7(6)14-5-15(18-8(11)12)16(13)9(14)17/h1-4,8H,5H2. The van der Waals surface area contributed by atoms with Gasteiger partial charge in [0.05, 0.1) is 10.7 Å². The van der Waals surface area contributed by atoms with Gasteiger partial charge in [-0.1, -0.05) is 56.6 Å². The molecule has 98 valence electrons. The number of amides is 2. The fourth-order valence-corrected chi connectivity index (χ4v) is 2.76. The minimum atomic E-state index is -0.873. The van der Waals surface area contributed by atoms with Gasteiger partial charge in [-0.05, 0) is 24.1 Å². The summed E-state index contributed by atoms with van der Waals surface area (Å²) in [5, 5.41) is 0.311. The van der Waals surface area contributed by atoms with E-state index in [9.17, 15) is 9.28 Å². The maximum absolute atomic E-state index is 13.6. The molecule has 1 aromatic carbocycles. The molecule has 1 aliphatic heterocycles. The van der Waals surface area contributed by atoms with Crippen molar-refractivity contribution in [1.29, 1.82) is 0 Å². The fourth-order valence-electron chi connectivity index (χ4n) is 1.45. The molecule has 1 fully saturated rings. The van der Waals surface area contributed by atoms with Crippen molar-refractivity contribution in [2.24, 2.45) is 0 Å². The van der Waals surface area contributed by atoms with Crippen LogP contribution in [0.3, 0.4) is 0 Å². The Morgan fingerprint density at radius 3 is 2.61 bits per heavy atom. The summed E-state index contributed by atoms with van der Waals surface area (Å²) in [6.45, 7) is -0.0281. The van der Waals surface area contributed by atoms with Gasteiger partial charge in [-0.3, -0.25) is 4.90 Å². The molecule has 1 aromatic rings. The molecular formula is C9H7Cl3FN3OS. The Morgan fingerprint density at radius 2 is 2.00 bits per heavy atom. The Kier molecular flexibility index (Phi) is 4.45. The molecule has 1 saturated heterocycles. The monoisotopic (exact) mass is 329 g/mol. The number of nitrogens with zero attached hydrogens (tertiary/aromatic N) is 3. The van der Waals surface area contributed by atoms with Gasteiger partial charge in [-0.25, -0.2) is 4.79 Å². The Labute approximate surface area is 122 Å². The van der Waals surface area contributed by atoms with Crippen molar-refractivity contribution in [1.82, 2.24) is 9.65 Å². The second-order valence-electron chi connectivity index (χ2n) is 3.28. The SMILES string of the molecule is O=C1N(c2ccccc2Cl)CN(SC(Cl)Cl)N1F. The first-order valence-corrected chi connectivity index (χ1v) is 6.83. The van der Waals surface area contributed by atoms with Gasteiger partial charge in [-0.2, -0.15) is 0 Å². The topological polar surface area (TPSA) is 26.8 Å². The fraction of sp³-hybridized carbons (Fsp3) is 0.222. The van der Waals surface area contributed by atoms with Gasteiger partial charge in [0.1, 0.15) is 6.67 Å². The molecule has 0 atom stereocenters. The second kappa shape index (κ2) is 5.71. The van der Waals surface area contributed by atoms with Crippen molar-refractivity contribution in [2.45, 2.75) is 4.17 Å². The summed E-state index contributed by atoms with van der Waals surface area (Å²) in [6, 6.07) is 5.83. The first-order chi connectivity index (χ1) is 8.50. The molecular weight excluding hydrogens is 324 g/mol. The molecule has 0 radical (unpaired) electrons. The number of carbonyl (C=O) groups excluding carboxylic acids is 1. The maximum atomic E-state index is 13.6. The van der Waals surface area contributed by atoms with Crippen LogP contribution >= 0.6 is 46.8 Å². The van der Waals surface area contributed by atoms with Crippen molar-refractivity contribution in [3.63, 3.8) is 0 Å². The van der Waals surface area contributed by atoms with Crippen LogP contribution in [-0.4, -0.2) is 26.5 Å². The highest BCUT2D eigenvalue weighted by molar-refractivity contribution is 8.00. The van der Waals surface area contributed by atoms with Gasteiger partial charge in [0.15, 0.2) is 4.17 Å². The number of benzene rings is 1. The van der Waals surface area contributed by atoms with Crippen LogP contribution in [0, 0.1) is 0 Å². The van der Waals surface area contributed by atoms with Crippen LogP contribution in [0.25, 0.3) is 0 Å². The summed E-state index contributed by atoms with van der Waals surface area (Å²) in [5.74, 6) is 0. The van der Waals surface area contributed by atoms with E-state index in [1.165, 1.54) is 4.90 Å². The molecule has 0 saturated carbocycles. The van der Waals surface area contributed by atoms with E-state index >= 15 is 0 Å². The molecule has 4 nitrogen and oxygen atoms in total. The lowest BCUT2D eigenvalue weighted by molar-refractivity contribution is -0.0290. The number of rotatable bonds is 3. The van der Waals surface area contributed by atoms with E-state index in [4.69, 9.17) is 34.8 Å². The average molecular weight is 331 g/mol. The zero-order valence-electron chi connectivity index (χ0n) is 8.76. The summed E-state index contributed by atoms with van der Waals surface area (Å²) >= 11 is 17.8. The van der Waals surface area contributed by atoms with Gasteiger partial charge in [0, 0.05) is 0 Å². The Morgan fingerprint density at radius 1 is 1.33 bits per heavy atom. The number of para-hydroxylation sites is 1. The van der Waals surface area contributed by atoms with Crippen LogP contribution in [-0.2, 0) is 0 Å². The highest BCUT2D eigenvalue weighted by Gasteiger charge is 2.39. The zero-order valence-corrected chi connectivity index (χ0v) is 11.8. The number of alkyl halides is 2. The van der Waals surface area contributed by atoms with Gasteiger partial charge < -0.3 is 0 Å². The number of hydrogen-bond acceptors (Lipinski definition) is 3. The summed E-state index contributed by atoms with van der Waals surface area (Å²) in [4.78, 5) is 12.9. The highest BCUT2D eigenvalue weighted by Crippen LogP contribution is 2.35. The Balaban J connectivity index is 2.21. The summed E-state index contributed by atoms with van der Waals surface area (Å²) in [6.07, 6.45) is 0. The second-order valence-corrected chi connectivity index (χ2v) is 6.41. The third-order valence-corrected chi connectivity index (χ3v) is 3.65. The van der Waals surface area contributed by atoms with Crippen LogP contribution in [0.1, 0.15) is 0 Å². The quantitative estimate of drug-likeness (QED) is 0.475. The smallest absolute Gasteiger partial charge is 0.273 e. The van der Waals surface area contributed by atoms with Crippen molar-refractivity contribution < 1.29 is 9.28 Å². The summed E-state index contributed by atoms with van der Waals surface area (Å²) in [7, 11) is 0. The van der Waals surface area contributed by atoms with Crippen LogP contribution in [0.2, 0.25) is 5.02 Å². The lowest BCUT2D eigenvalue weighted by Gasteiger charge is -2.16. The van der Waals surface area contributed by atoms with Gasteiger partial charge in [0.25, 0.3) is 0 Å². The van der Waals surface area contributed by atoms with Gasteiger partial charge in [-0.15, -0.1) is 4.41 Å². The van der Waals surface area contributed by atoms with Gasteiger partial charge >= 0.3 is 6.03 Å². The lowest BCUT2D eigenvalue weighted by Crippen LogP contribution is -2.28. The van der Waals surface area contributed by atoms with Crippen molar-refractivity contribution in [3.05, 3.63) is 29.3 Å². The first kappa shape index (κ1) is 14.0. The minimum absolute atomic E-state index is 0.0281. The van der Waals surface area contributed by atoms with Crippen LogP contribution in [0.4, 0.5) is 15.0 Å². The first-order valence-electron chi connectivity index (χ1n) is 4.75. The maximum Gasteiger partial charge on any atom is 0.370 e. The molecule has 18 heavy (non-hydrogen) atoms. The number of hydrogen-bond donors (Lipinski definition) is 0. The molecule has 1 aliphatic rings. The molecule has 0 N–H and O–H groups in total. The predicted octanol–water partition coefficient (Wildman–Crippen LogP) is 4.05. The highest BCUT2D eigenvalue weighted by atomic mass is 35.5. The van der Waals surface area contributed by atoms with E-state index in [1.54, 1.807) is 24.3 Å². The Hall–Kier alpha value is -0.400. The van der Waals surface area contributed by atoms with Crippen molar-refractivity contribution in [2.75, 3.05) is 11.6 Å². The number of hydrazine groups is 1. The molecule has 2 amide bonds. The third kappa shape index (κ3) is 2.78. The van der Waals surface area contributed by atoms with Crippen LogP contribution in [0.15, 0.2) is 24.3 Å². The molecule has 0 aromatic heterocycles. The molecule has 0 aliphatic carbocycles. The lowest BCUT2D eigenvalue weighted by atomic mass is 10.3. The normalized spacial score (nSPS) is 17.1. The molecule has 0 bridgehead atoms. The number of halogens is 4. The Bertz CT molecular complexity index is 464. The summed E-state index contributed by atoms with van der Waals surface area (Å²) in [5.41, 5.74) is 0.426. The zero-order chi connectivity index (χ0) is 13.3. The minimum Gasteiger partial charge on any atom is -0.273 e. The third-order valence-electron chi connectivity index (χ3n) is 2.19. The van der Waals surface area contributed by atoms with E-state index in [0.29, 0.717) is 10.7 Å². The average Bonchev–Trinajstić information content (AvgIpc) is 2.58. The van der Waals surface area contributed by atoms with E-state index in [2.05, 4.69) is 0 Å². The van der Waals surface area contributed by atoms with E-state index < -0.39 is 10.2 Å². The predicted molar refractivity (Wildman–Crippen MR) is 72.1 cm³/mol. The van der Waals surface area contributed by atoms with Crippen LogP contribution < -0.4 is 4.90 Å². The van der Waals surface area contributed by atoms with Crippen LogP contribution in [0.5, 0.6) is 0 Å².